The molecule has 0 amide bonds. The number of nitrogen functional groups attached to an aromatic ring is 1. The number of esters is 1. The third-order valence-corrected chi connectivity index (χ3v) is 2.01. The Morgan fingerprint density at radius 2 is 1.78 bits per heavy atom. The number of nitrogens with two attached hydrogens (primary N) is 1. The van der Waals surface area contributed by atoms with Gasteiger partial charge in [0.15, 0.2) is 0 Å². The molecular formula is C13H19NO4. The van der Waals surface area contributed by atoms with Crippen LogP contribution < -0.4 is 10.5 Å². The summed E-state index contributed by atoms with van der Waals surface area (Å²) in [5, 5.41) is 9.97. The molecule has 1 atom stereocenters. The van der Waals surface area contributed by atoms with E-state index in [0.717, 1.165) is 0 Å². The van der Waals surface area contributed by atoms with Gasteiger partial charge in [-0.15, -0.1) is 0 Å². The zero-order chi connectivity index (χ0) is 14.0. The number of rotatable bonds is 3. The zero-order valence-corrected chi connectivity index (χ0v) is 11.1. The van der Waals surface area contributed by atoms with Gasteiger partial charge in [-0.2, -0.15) is 0 Å². The molecule has 0 saturated carbocycles. The molecule has 0 saturated heterocycles. The third-order valence-electron chi connectivity index (χ3n) is 2.01. The SMILES string of the molecule is CC(C)(C)OC(=O)C(C)(O)Oc1ccccc1N. The van der Waals surface area contributed by atoms with Gasteiger partial charge < -0.3 is 20.3 Å². The predicted octanol–water partition coefficient (Wildman–Crippen LogP) is 1.70. The van der Waals surface area contributed by atoms with Gasteiger partial charge in [0.25, 0.3) is 0 Å². The van der Waals surface area contributed by atoms with E-state index in [1.54, 1.807) is 45.0 Å². The molecule has 100 valence electrons. The largest absolute Gasteiger partial charge is 0.455 e. The number of hydrogen-bond donors (Lipinski definition) is 2. The number of anilines is 1. The molecule has 1 aromatic carbocycles. The molecule has 0 spiro atoms. The summed E-state index contributed by atoms with van der Waals surface area (Å²) in [5.74, 6) is -2.71. The Bertz CT molecular complexity index is 435. The van der Waals surface area contributed by atoms with Crippen molar-refractivity contribution in [3.63, 3.8) is 0 Å². The number of hydrogen-bond acceptors (Lipinski definition) is 5. The first-order chi connectivity index (χ1) is 8.12. The first-order valence-electron chi connectivity index (χ1n) is 5.61. The normalized spacial score (nSPS) is 14.7. The highest BCUT2D eigenvalue weighted by Gasteiger charge is 2.37. The molecule has 18 heavy (non-hydrogen) atoms. The summed E-state index contributed by atoms with van der Waals surface area (Å²) in [5.41, 5.74) is 5.30. The van der Waals surface area contributed by atoms with E-state index in [1.807, 2.05) is 0 Å². The molecule has 5 heteroatoms. The molecule has 0 aliphatic heterocycles. The lowest BCUT2D eigenvalue weighted by molar-refractivity contribution is -0.205. The van der Waals surface area contributed by atoms with Crippen LogP contribution >= 0.6 is 0 Å². The Kier molecular flexibility index (Phi) is 3.86. The van der Waals surface area contributed by atoms with Crippen LogP contribution in [0.2, 0.25) is 0 Å². The van der Waals surface area contributed by atoms with E-state index in [1.165, 1.54) is 6.92 Å². The molecule has 0 radical (unpaired) electrons. The summed E-state index contributed by atoms with van der Waals surface area (Å²) in [6, 6.07) is 6.59. The summed E-state index contributed by atoms with van der Waals surface area (Å²) in [6.45, 7) is 6.33. The van der Waals surface area contributed by atoms with Crippen molar-refractivity contribution in [2.24, 2.45) is 0 Å². The maximum atomic E-state index is 11.8. The smallest absolute Gasteiger partial charge is 0.379 e. The maximum Gasteiger partial charge on any atom is 0.379 e. The fourth-order valence-electron chi connectivity index (χ4n) is 1.20. The lowest BCUT2D eigenvalue weighted by Gasteiger charge is -2.28. The topological polar surface area (TPSA) is 81.8 Å². The summed E-state index contributed by atoms with van der Waals surface area (Å²) >= 11 is 0. The number of aliphatic hydroxyl groups is 1. The van der Waals surface area contributed by atoms with Gasteiger partial charge in [0.05, 0.1) is 5.69 Å². The molecule has 0 bridgehead atoms. The van der Waals surface area contributed by atoms with Crippen LogP contribution in [0.25, 0.3) is 0 Å². The van der Waals surface area contributed by atoms with Crippen molar-refractivity contribution in [3.05, 3.63) is 24.3 Å². The highest BCUT2D eigenvalue weighted by molar-refractivity contribution is 5.78. The quantitative estimate of drug-likeness (QED) is 0.486. The Balaban J connectivity index is 2.82. The number of carbonyl (C=O) groups is 1. The minimum atomic E-state index is -2.08. The van der Waals surface area contributed by atoms with Crippen molar-refractivity contribution in [3.8, 4) is 5.75 Å². The number of benzene rings is 1. The maximum absolute atomic E-state index is 11.8. The minimum absolute atomic E-state index is 0.230. The molecule has 3 N–H and O–H groups in total. The summed E-state index contributed by atoms with van der Waals surface area (Å²) < 4.78 is 10.3. The highest BCUT2D eigenvalue weighted by Crippen LogP contribution is 2.25. The van der Waals surface area contributed by atoms with E-state index in [0.29, 0.717) is 5.69 Å². The van der Waals surface area contributed by atoms with E-state index in [9.17, 15) is 9.90 Å². The molecule has 0 aliphatic carbocycles. The minimum Gasteiger partial charge on any atom is -0.455 e. The van der Waals surface area contributed by atoms with E-state index in [-0.39, 0.29) is 5.75 Å². The van der Waals surface area contributed by atoms with E-state index in [2.05, 4.69) is 0 Å². The average molecular weight is 253 g/mol. The van der Waals surface area contributed by atoms with Gasteiger partial charge in [0.1, 0.15) is 11.4 Å². The van der Waals surface area contributed by atoms with Crippen LogP contribution in [-0.2, 0) is 9.53 Å². The lowest BCUT2D eigenvalue weighted by atomic mass is 10.2. The first-order valence-corrected chi connectivity index (χ1v) is 5.61. The Morgan fingerprint density at radius 1 is 1.22 bits per heavy atom. The van der Waals surface area contributed by atoms with Crippen LogP contribution in [0.4, 0.5) is 5.69 Å². The third kappa shape index (κ3) is 3.92. The van der Waals surface area contributed by atoms with Gasteiger partial charge in [-0.1, -0.05) is 12.1 Å². The first kappa shape index (κ1) is 14.3. The molecule has 0 aromatic heterocycles. The van der Waals surface area contributed by atoms with E-state index >= 15 is 0 Å². The van der Waals surface area contributed by atoms with Crippen LogP contribution in [0.15, 0.2) is 24.3 Å². The Labute approximate surface area is 107 Å². The van der Waals surface area contributed by atoms with Gasteiger partial charge in [-0.25, -0.2) is 4.79 Å². The second kappa shape index (κ2) is 4.86. The molecule has 1 aromatic rings. The fourth-order valence-corrected chi connectivity index (χ4v) is 1.20. The van der Waals surface area contributed by atoms with Crippen LogP contribution in [0.5, 0.6) is 5.75 Å². The summed E-state index contributed by atoms with van der Waals surface area (Å²) in [7, 11) is 0. The van der Waals surface area contributed by atoms with Gasteiger partial charge in [0.2, 0.25) is 0 Å². The number of ether oxygens (including phenoxy) is 2. The average Bonchev–Trinajstić information content (AvgIpc) is 2.18. The number of carbonyl (C=O) groups excluding carboxylic acids is 1. The van der Waals surface area contributed by atoms with E-state index in [4.69, 9.17) is 15.2 Å². The molecular weight excluding hydrogens is 234 g/mol. The van der Waals surface area contributed by atoms with Crippen LogP contribution in [0.1, 0.15) is 27.7 Å². The van der Waals surface area contributed by atoms with Crippen molar-refractivity contribution in [2.75, 3.05) is 5.73 Å². The fraction of sp³-hybridized carbons (Fsp3) is 0.462. The molecule has 0 heterocycles. The Morgan fingerprint density at radius 3 is 2.28 bits per heavy atom. The monoisotopic (exact) mass is 253 g/mol. The van der Waals surface area contributed by atoms with Gasteiger partial charge in [0, 0.05) is 6.92 Å². The summed E-state index contributed by atoms with van der Waals surface area (Å²) in [6.07, 6.45) is 0. The summed E-state index contributed by atoms with van der Waals surface area (Å²) in [4.78, 5) is 11.8. The van der Waals surface area contributed by atoms with Gasteiger partial charge in [-0.3, -0.25) is 0 Å². The van der Waals surface area contributed by atoms with Crippen LogP contribution in [0.3, 0.4) is 0 Å². The van der Waals surface area contributed by atoms with E-state index < -0.39 is 17.4 Å². The van der Waals surface area contributed by atoms with Crippen LogP contribution in [0, 0.1) is 0 Å². The van der Waals surface area contributed by atoms with Crippen LogP contribution in [-0.4, -0.2) is 22.5 Å². The second-order valence-corrected chi connectivity index (χ2v) is 5.12. The molecule has 5 nitrogen and oxygen atoms in total. The van der Waals surface area contributed by atoms with Crippen molar-refractivity contribution in [2.45, 2.75) is 39.1 Å². The van der Waals surface area contributed by atoms with Crippen molar-refractivity contribution < 1.29 is 19.4 Å². The van der Waals surface area contributed by atoms with Gasteiger partial charge in [-0.05, 0) is 32.9 Å². The predicted molar refractivity (Wildman–Crippen MR) is 68.0 cm³/mol. The lowest BCUT2D eigenvalue weighted by Crippen LogP contribution is -2.45. The standard InChI is InChI=1S/C13H19NO4/c1-12(2,3)18-11(15)13(4,16)17-10-8-6-5-7-9(10)14/h5-8,16H,14H2,1-4H3. The molecule has 1 unspecified atom stereocenters. The zero-order valence-electron chi connectivity index (χ0n) is 11.1. The molecule has 0 fully saturated rings. The number of para-hydroxylation sites is 2. The molecule has 0 aliphatic rings. The molecule has 1 rings (SSSR count). The second-order valence-electron chi connectivity index (χ2n) is 5.12. The van der Waals surface area contributed by atoms with Crippen molar-refractivity contribution in [1.29, 1.82) is 0 Å². The van der Waals surface area contributed by atoms with Crippen molar-refractivity contribution in [1.82, 2.24) is 0 Å². The van der Waals surface area contributed by atoms with Crippen molar-refractivity contribution >= 4 is 11.7 Å². The Hall–Kier alpha value is -1.75. The highest BCUT2D eigenvalue weighted by atomic mass is 16.7. The van der Waals surface area contributed by atoms with Gasteiger partial charge >= 0.3 is 11.8 Å².